The summed E-state index contributed by atoms with van der Waals surface area (Å²) in [5.41, 5.74) is 7.26. The molecule has 0 saturated carbocycles. The minimum Gasteiger partial charge on any atom is -0.320 e. The Labute approximate surface area is 96.1 Å². The van der Waals surface area contributed by atoms with Crippen LogP contribution in [0.3, 0.4) is 0 Å². The van der Waals surface area contributed by atoms with Crippen LogP contribution in [0.15, 0.2) is 22.9 Å². The fourth-order valence-electron chi connectivity index (χ4n) is 1.31. The minimum atomic E-state index is -0.0764. The summed E-state index contributed by atoms with van der Waals surface area (Å²) in [7, 11) is 0. The monoisotopic (exact) mass is 243 g/mol. The third kappa shape index (κ3) is 1.86. The zero-order valence-electron chi connectivity index (χ0n) is 7.66. The van der Waals surface area contributed by atoms with E-state index < -0.39 is 0 Å². The fraction of sp³-hybridized carbons (Fsp3) is 0.200. The van der Waals surface area contributed by atoms with Crippen LogP contribution in [0.1, 0.15) is 21.4 Å². The Morgan fingerprint density at radius 1 is 1.43 bits per heavy atom. The Bertz CT molecular complexity index is 433. The first kappa shape index (κ1) is 10.2. The lowest BCUT2D eigenvalue weighted by molar-refractivity contribution is 0.899. The fourth-order valence-corrected chi connectivity index (χ4v) is 3.25. The van der Waals surface area contributed by atoms with Gasteiger partial charge in [0.05, 0.1) is 11.1 Å². The highest BCUT2D eigenvalue weighted by molar-refractivity contribution is 7.11. The molecule has 0 aliphatic rings. The van der Waals surface area contributed by atoms with Crippen molar-refractivity contribution in [2.24, 2.45) is 5.73 Å². The molecule has 0 bridgehead atoms. The van der Waals surface area contributed by atoms with Gasteiger partial charge in [-0.3, -0.25) is 0 Å². The first-order chi connectivity index (χ1) is 6.68. The van der Waals surface area contributed by atoms with Gasteiger partial charge in [0.2, 0.25) is 0 Å². The quantitative estimate of drug-likeness (QED) is 0.853. The molecular formula is C10H10ClNS2. The Balaban J connectivity index is 2.33. The molecule has 0 amide bonds. The molecule has 14 heavy (non-hydrogen) atoms. The SMILES string of the molecule is Cc1cc(C(N)c2sccc2Cl)cs1. The number of halogens is 1. The predicted molar refractivity (Wildman–Crippen MR) is 64.4 cm³/mol. The van der Waals surface area contributed by atoms with Crippen LogP contribution in [0.4, 0.5) is 0 Å². The van der Waals surface area contributed by atoms with Crippen LogP contribution in [-0.2, 0) is 0 Å². The van der Waals surface area contributed by atoms with Gasteiger partial charge in [-0.05, 0) is 35.4 Å². The second-order valence-corrected chi connectivity index (χ2v) is 5.57. The average Bonchev–Trinajstić information content (AvgIpc) is 2.73. The van der Waals surface area contributed by atoms with Crippen LogP contribution in [-0.4, -0.2) is 0 Å². The normalized spacial score (nSPS) is 13.1. The van der Waals surface area contributed by atoms with Gasteiger partial charge in [0.15, 0.2) is 0 Å². The first-order valence-corrected chi connectivity index (χ1v) is 6.35. The standard InChI is InChI=1S/C10H10ClNS2/c1-6-4-7(5-14-6)9(12)10-8(11)2-3-13-10/h2-5,9H,12H2,1H3. The van der Waals surface area contributed by atoms with E-state index >= 15 is 0 Å². The summed E-state index contributed by atoms with van der Waals surface area (Å²) in [4.78, 5) is 2.33. The summed E-state index contributed by atoms with van der Waals surface area (Å²) in [5, 5.41) is 4.83. The van der Waals surface area contributed by atoms with Crippen LogP contribution in [0.25, 0.3) is 0 Å². The molecule has 0 aromatic carbocycles. The molecule has 1 atom stereocenters. The van der Waals surface area contributed by atoms with Crippen molar-refractivity contribution < 1.29 is 0 Å². The molecule has 0 radical (unpaired) electrons. The second kappa shape index (κ2) is 4.03. The van der Waals surface area contributed by atoms with Crippen molar-refractivity contribution in [2.45, 2.75) is 13.0 Å². The van der Waals surface area contributed by atoms with Crippen LogP contribution in [0.5, 0.6) is 0 Å². The van der Waals surface area contributed by atoms with Gasteiger partial charge in [-0.15, -0.1) is 22.7 Å². The lowest BCUT2D eigenvalue weighted by atomic mass is 10.1. The molecule has 2 N–H and O–H groups in total. The van der Waals surface area contributed by atoms with Crippen molar-refractivity contribution in [3.8, 4) is 0 Å². The zero-order valence-corrected chi connectivity index (χ0v) is 10.0. The van der Waals surface area contributed by atoms with Crippen molar-refractivity contribution in [3.63, 3.8) is 0 Å². The molecule has 0 aliphatic carbocycles. The molecule has 0 saturated heterocycles. The Hall–Kier alpha value is -0.350. The lowest BCUT2D eigenvalue weighted by Crippen LogP contribution is -2.09. The van der Waals surface area contributed by atoms with Gasteiger partial charge < -0.3 is 5.73 Å². The van der Waals surface area contributed by atoms with Gasteiger partial charge in [-0.2, -0.15) is 0 Å². The third-order valence-corrected chi connectivity index (χ3v) is 4.36. The molecule has 4 heteroatoms. The van der Waals surface area contributed by atoms with Crippen LogP contribution >= 0.6 is 34.3 Å². The highest BCUT2D eigenvalue weighted by atomic mass is 35.5. The van der Waals surface area contributed by atoms with Crippen LogP contribution in [0, 0.1) is 6.92 Å². The van der Waals surface area contributed by atoms with Crippen LogP contribution in [0.2, 0.25) is 5.02 Å². The molecule has 2 aromatic heterocycles. The molecule has 1 unspecified atom stereocenters. The molecule has 2 rings (SSSR count). The van der Waals surface area contributed by atoms with Crippen molar-refractivity contribution in [2.75, 3.05) is 0 Å². The van der Waals surface area contributed by atoms with Crippen molar-refractivity contribution in [1.82, 2.24) is 0 Å². The lowest BCUT2D eigenvalue weighted by Gasteiger charge is -2.07. The molecule has 1 nitrogen and oxygen atoms in total. The zero-order chi connectivity index (χ0) is 10.1. The summed E-state index contributed by atoms with van der Waals surface area (Å²) in [6.45, 7) is 2.08. The Kier molecular flexibility index (Phi) is 2.93. The predicted octanol–water partition coefficient (Wildman–Crippen LogP) is 3.82. The van der Waals surface area contributed by atoms with Gasteiger partial charge in [0.1, 0.15) is 0 Å². The smallest absolute Gasteiger partial charge is 0.0669 e. The second-order valence-electron chi connectivity index (χ2n) is 3.10. The van der Waals surface area contributed by atoms with E-state index in [4.69, 9.17) is 17.3 Å². The van der Waals surface area contributed by atoms with E-state index in [2.05, 4.69) is 18.4 Å². The molecule has 0 spiro atoms. The van der Waals surface area contributed by atoms with E-state index in [1.54, 1.807) is 22.7 Å². The highest BCUT2D eigenvalue weighted by Crippen LogP contribution is 2.32. The summed E-state index contributed by atoms with van der Waals surface area (Å²) in [6.07, 6.45) is 0. The van der Waals surface area contributed by atoms with E-state index in [-0.39, 0.29) is 6.04 Å². The van der Waals surface area contributed by atoms with Gasteiger partial charge in [0.25, 0.3) is 0 Å². The maximum absolute atomic E-state index is 6.11. The summed E-state index contributed by atoms with van der Waals surface area (Å²) in [5.74, 6) is 0. The Morgan fingerprint density at radius 3 is 2.71 bits per heavy atom. The number of hydrogen-bond acceptors (Lipinski definition) is 3. The van der Waals surface area contributed by atoms with E-state index in [1.165, 1.54) is 4.88 Å². The van der Waals surface area contributed by atoms with Gasteiger partial charge in [0, 0.05) is 9.75 Å². The first-order valence-electron chi connectivity index (χ1n) is 4.22. The molecule has 2 aromatic rings. The van der Waals surface area contributed by atoms with E-state index in [9.17, 15) is 0 Å². The summed E-state index contributed by atoms with van der Waals surface area (Å²) in [6, 6.07) is 3.93. The van der Waals surface area contributed by atoms with Crippen molar-refractivity contribution >= 4 is 34.3 Å². The molecular weight excluding hydrogens is 234 g/mol. The molecule has 74 valence electrons. The topological polar surface area (TPSA) is 26.0 Å². The molecule has 0 aliphatic heterocycles. The highest BCUT2D eigenvalue weighted by Gasteiger charge is 2.14. The van der Waals surface area contributed by atoms with E-state index in [0.29, 0.717) is 0 Å². The van der Waals surface area contributed by atoms with Crippen LogP contribution < -0.4 is 5.73 Å². The number of aryl methyl sites for hydroxylation is 1. The summed E-state index contributed by atoms with van der Waals surface area (Å²) < 4.78 is 0. The van der Waals surface area contributed by atoms with E-state index in [0.717, 1.165) is 15.5 Å². The number of thiophene rings is 2. The number of rotatable bonds is 2. The number of hydrogen-bond donors (Lipinski definition) is 1. The largest absolute Gasteiger partial charge is 0.320 e. The van der Waals surface area contributed by atoms with Crippen molar-refractivity contribution in [3.05, 3.63) is 43.2 Å². The average molecular weight is 244 g/mol. The summed E-state index contributed by atoms with van der Waals surface area (Å²) >= 11 is 9.35. The third-order valence-electron chi connectivity index (χ3n) is 2.04. The van der Waals surface area contributed by atoms with Gasteiger partial charge in [-0.1, -0.05) is 11.6 Å². The molecule has 2 heterocycles. The minimum absolute atomic E-state index is 0.0764. The van der Waals surface area contributed by atoms with E-state index in [1.807, 2.05) is 11.4 Å². The van der Waals surface area contributed by atoms with Gasteiger partial charge in [-0.25, -0.2) is 0 Å². The number of nitrogens with two attached hydrogens (primary N) is 1. The Morgan fingerprint density at radius 2 is 2.21 bits per heavy atom. The van der Waals surface area contributed by atoms with Crippen molar-refractivity contribution in [1.29, 1.82) is 0 Å². The maximum atomic E-state index is 6.11. The maximum Gasteiger partial charge on any atom is 0.0669 e. The van der Waals surface area contributed by atoms with Gasteiger partial charge >= 0.3 is 0 Å². The molecule has 0 fully saturated rings.